The first-order valence-corrected chi connectivity index (χ1v) is 12.8. The quantitative estimate of drug-likeness (QED) is 0.0729. The van der Waals surface area contributed by atoms with E-state index in [0.717, 1.165) is 37.1 Å². The number of benzene rings is 2. The zero-order valence-electron chi connectivity index (χ0n) is 20.5. The molecule has 1 aromatic heterocycles. The molecule has 0 saturated carbocycles. The van der Waals surface area contributed by atoms with Gasteiger partial charge in [0.05, 0.1) is 11.5 Å². The van der Waals surface area contributed by atoms with Crippen LogP contribution in [0, 0.1) is 5.92 Å². The standard InChI is InChI=1S/C27H26F6O4S/c1-3-5-6-7-17-8-11-21(24(12-17)37-27(31,32)33)23-13-18-9-10-20(14-22(18)36-23)38-16-19(26(28,29)30)15-35-25(34)4-2/h4,8-14,19H,2-3,5-7,15-16H2,1H3. The Morgan fingerprint density at radius 3 is 2.50 bits per heavy atom. The highest BCUT2D eigenvalue weighted by Crippen LogP contribution is 2.39. The normalized spacial score (nSPS) is 12.9. The van der Waals surface area contributed by atoms with Crippen molar-refractivity contribution in [2.24, 2.45) is 5.92 Å². The van der Waals surface area contributed by atoms with Crippen LogP contribution in [0.3, 0.4) is 0 Å². The van der Waals surface area contributed by atoms with E-state index in [4.69, 9.17) is 4.42 Å². The Morgan fingerprint density at radius 2 is 1.84 bits per heavy atom. The Kier molecular flexibility index (Phi) is 9.81. The second-order valence-electron chi connectivity index (χ2n) is 8.53. The van der Waals surface area contributed by atoms with Crippen LogP contribution < -0.4 is 4.74 Å². The Bertz CT molecular complexity index is 1250. The summed E-state index contributed by atoms with van der Waals surface area (Å²) in [6.45, 7) is 4.34. The van der Waals surface area contributed by atoms with E-state index in [1.807, 2.05) is 6.92 Å². The van der Waals surface area contributed by atoms with Crippen LogP contribution in [0.15, 0.2) is 64.4 Å². The molecule has 0 fully saturated rings. The minimum absolute atomic E-state index is 0.105. The van der Waals surface area contributed by atoms with Gasteiger partial charge in [0.1, 0.15) is 23.7 Å². The number of hydrogen-bond acceptors (Lipinski definition) is 5. The fraction of sp³-hybridized carbons (Fsp3) is 0.370. The summed E-state index contributed by atoms with van der Waals surface area (Å²) in [6, 6.07) is 10.8. The second-order valence-corrected chi connectivity index (χ2v) is 9.62. The lowest BCUT2D eigenvalue weighted by molar-refractivity contribution is -0.274. The second kappa shape index (κ2) is 12.6. The maximum Gasteiger partial charge on any atom is 0.573 e. The lowest BCUT2D eigenvalue weighted by Crippen LogP contribution is -2.30. The maximum absolute atomic E-state index is 13.4. The van der Waals surface area contributed by atoms with Crippen LogP contribution in [-0.4, -0.2) is 30.9 Å². The first kappa shape index (κ1) is 29.5. The van der Waals surface area contributed by atoms with Crippen molar-refractivity contribution in [3.8, 4) is 17.1 Å². The molecule has 3 aromatic rings. The number of halogens is 6. The molecule has 4 nitrogen and oxygen atoms in total. The van der Waals surface area contributed by atoms with E-state index in [0.29, 0.717) is 22.3 Å². The average molecular weight is 561 g/mol. The third-order valence-electron chi connectivity index (χ3n) is 5.61. The number of aryl methyl sites for hydroxylation is 1. The van der Waals surface area contributed by atoms with Gasteiger partial charge >= 0.3 is 18.5 Å². The first-order valence-electron chi connectivity index (χ1n) is 11.8. The van der Waals surface area contributed by atoms with E-state index in [9.17, 15) is 31.1 Å². The molecule has 11 heteroatoms. The molecule has 0 bridgehead atoms. The van der Waals surface area contributed by atoms with Gasteiger partial charge in [0.2, 0.25) is 0 Å². The summed E-state index contributed by atoms with van der Waals surface area (Å²) in [4.78, 5) is 11.6. The molecular formula is C27H26F6O4S. The summed E-state index contributed by atoms with van der Waals surface area (Å²) in [5.74, 6) is -3.53. The highest BCUT2D eigenvalue weighted by Gasteiger charge is 2.40. The molecule has 1 atom stereocenters. The van der Waals surface area contributed by atoms with Gasteiger partial charge in [-0.25, -0.2) is 4.79 Å². The number of furan rings is 1. The summed E-state index contributed by atoms with van der Waals surface area (Å²) >= 11 is 0.886. The highest BCUT2D eigenvalue weighted by molar-refractivity contribution is 7.99. The summed E-state index contributed by atoms with van der Waals surface area (Å²) < 4.78 is 94.1. The molecule has 0 aliphatic heterocycles. The van der Waals surface area contributed by atoms with Crippen molar-refractivity contribution in [1.29, 1.82) is 0 Å². The van der Waals surface area contributed by atoms with E-state index < -0.39 is 36.8 Å². The van der Waals surface area contributed by atoms with Crippen LogP contribution >= 0.6 is 11.8 Å². The van der Waals surface area contributed by atoms with Crippen LogP contribution in [0.4, 0.5) is 26.3 Å². The predicted molar refractivity (Wildman–Crippen MR) is 133 cm³/mol. The van der Waals surface area contributed by atoms with Crippen LogP contribution in [0.1, 0.15) is 31.7 Å². The number of carbonyl (C=O) groups excluding carboxylic acids is 1. The Morgan fingerprint density at radius 1 is 1.08 bits per heavy atom. The third kappa shape index (κ3) is 8.47. The van der Waals surface area contributed by atoms with Crippen molar-refractivity contribution in [2.45, 2.75) is 50.0 Å². The van der Waals surface area contributed by atoms with E-state index >= 15 is 0 Å². The number of ether oxygens (including phenoxy) is 2. The Labute approximate surface area is 220 Å². The van der Waals surface area contributed by atoms with Gasteiger partial charge in [-0.05, 0) is 54.8 Å². The monoisotopic (exact) mass is 560 g/mol. The summed E-state index contributed by atoms with van der Waals surface area (Å²) in [6.07, 6.45) is -5.34. The van der Waals surface area contributed by atoms with Gasteiger partial charge in [0.25, 0.3) is 0 Å². The van der Waals surface area contributed by atoms with E-state index in [2.05, 4.69) is 16.1 Å². The molecule has 1 heterocycles. The molecule has 206 valence electrons. The number of hydrogen-bond donors (Lipinski definition) is 0. The van der Waals surface area contributed by atoms with E-state index in [1.54, 1.807) is 24.3 Å². The largest absolute Gasteiger partial charge is 0.573 e. The fourth-order valence-electron chi connectivity index (χ4n) is 3.62. The van der Waals surface area contributed by atoms with Gasteiger partial charge in [0.15, 0.2) is 0 Å². The van der Waals surface area contributed by atoms with Gasteiger partial charge in [-0.2, -0.15) is 13.2 Å². The van der Waals surface area contributed by atoms with Crippen LogP contribution in [0.25, 0.3) is 22.3 Å². The van der Waals surface area contributed by atoms with Crippen molar-refractivity contribution in [2.75, 3.05) is 12.4 Å². The van der Waals surface area contributed by atoms with Crippen LogP contribution in [0.5, 0.6) is 5.75 Å². The van der Waals surface area contributed by atoms with E-state index in [-0.39, 0.29) is 22.7 Å². The molecule has 0 aliphatic rings. The van der Waals surface area contributed by atoms with Crippen LogP contribution in [0.2, 0.25) is 0 Å². The minimum atomic E-state index is -4.90. The number of rotatable bonds is 12. The molecular weight excluding hydrogens is 534 g/mol. The molecule has 0 spiro atoms. The molecule has 2 aromatic carbocycles. The van der Waals surface area contributed by atoms with Crippen LogP contribution in [-0.2, 0) is 16.0 Å². The smallest absolute Gasteiger partial charge is 0.462 e. The third-order valence-corrected chi connectivity index (χ3v) is 6.76. The summed E-state index contributed by atoms with van der Waals surface area (Å²) in [5, 5.41) is 0.557. The molecule has 0 saturated heterocycles. The molecule has 38 heavy (non-hydrogen) atoms. The molecule has 1 unspecified atom stereocenters. The summed E-state index contributed by atoms with van der Waals surface area (Å²) in [5.41, 5.74) is 1.10. The first-order chi connectivity index (χ1) is 17.9. The number of alkyl halides is 6. The minimum Gasteiger partial charge on any atom is -0.462 e. The van der Waals surface area contributed by atoms with Gasteiger partial charge in [-0.15, -0.1) is 24.9 Å². The molecule has 3 rings (SSSR count). The number of esters is 1. The molecule has 0 aliphatic carbocycles. The average Bonchev–Trinajstić information content (AvgIpc) is 3.25. The summed E-state index contributed by atoms with van der Waals surface area (Å²) in [7, 11) is 0. The fourth-order valence-corrected chi connectivity index (χ4v) is 4.66. The molecule has 0 radical (unpaired) electrons. The van der Waals surface area contributed by atoms with Crippen molar-refractivity contribution < 1.29 is 45.0 Å². The molecule has 0 N–H and O–H groups in total. The van der Waals surface area contributed by atoms with Crippen molar-refractivity contribution >= 4 is 28.7 Å². The Hall–Kier alpha value is -3.08. The topological polar surface area (TPSA) is 48.7 Å². The van der Waals surface area contributed by atoms with Gasteiger partial charge < -0.3 is 13.9 Å². The van der Waals surface area contributed by atoms with Gasteiger partial charge in [-0.1, -0.05) is 32.4 Å². The Balaban J connectivity index is 1.83. The van der Waals surface area contributed by atoms with Crippen molar-refractivity contribution in [3.63, 3.8) is 0 Å². The zero-order chi connectivity index (χ0) is 27.9. The van der Waals surface area contributed by atoms with Crippen molar-refractivity contribution in [1.82, 2.24) is 0 Å². The van der Waals surface area contributed by atoms with E-state index in [1.165, 1.54) is 18.2 Å². The molecule has 0 amide bonds. The number of thioether (sulfide) groups is 1. The van der Waals surface area contributed by atoms with Crippen molar-refractivity contribution in [3.05, 3.63) is 60.7 Å². The highest BCUT2D eigenvalue weighted by atomic mass is 32.2. The maximum atomic E-state index is 13.4. The van der Waals surface area contributed by atoms with Gasteiger partial charge in [0, 0.05) is 22.1 Å². The predicted octanol–water partition coefficient (Wildman–Crippen LogP) is 8.73. The number of carbonyl (C=O) groups is 1. The zero-order valence-corrected chi connectivity index (χ0v) is 21.3. The number of unbranched alkanes of at least 4 members (excludes halogenated alkanes) is 2. The lowest BCUT2D eigenvalue weighted by atomic mass is 10.0. The number of fused-ring (bicyclic) bond motifs is 1. The van der Waals surface area contributed by atoms with Gasteiger partial charge in [-0.3, -0.25) is 0 Å². The lowest BCUT2D eigenvalue weighted by Gasteiger charge is -2.19. The SMILES string of the molecule is C=CC(=O)OCC(CSc1ccc2cc(-c3ccc(CCCCC)cc3OC(F)(F)F)oc2c1)C(F)(F)F.